The fraction of sp³-hybridized carbons (Fsp3) is 1.00. The Kier molecular flexibility index (Phi) is 5.64. The first-order valence-electron chi connectivity index (χ1n) is 4.15. The highest BCUT2D eigenvalue weighted by Gasteiger charge is 2.18. The number of aliphatic hydroxyl groups is 1. The smallest absolute Gasteiger partial charge is 0.0586 e. The van der Waals surface area contributed by atoms with Crippen LogP contribution in [-0.2, 0) is 0 Å². The minimum Gasteiger partial charge on any atom is -0.395 e. The first-order chi connectivity index (χ1) is 4.84. The van der Waals surface area contributed by atoms with Gasteiger partial charge in [0.15, 0.2) is 0 Å². The molecule has 1 N–H and O–H groups in total. The minimum absolute atomic E-state index is 0.330. The van der Waals surface area contributed by atoms with E-state index in [1.807, 2.05) is 13.8 Å². The Morgan fingerprint density at radius 3 is 2.30 bits per heavy atom. The number of likely N-dealkylation sites (N-methyl/N-ethyl adjacent to an activating group) is 1. The van der Waals surface area contributed by atoms with Crippen LogP contribution in [0.4, 0.5) is 0 Å². The van der Waals surface area contributed by atoms with Crippen molar-refractivity contribution in [2.75, 3.05) is 20.2 Å². The highest BCUT2D eigenvalue weighted by molar-refractivity contribution is 4.74. The van der Waals surface area contributed by atoms with Gasteiger partial charge >= 0.3 is 0 Å². The lowest BCUT2D eigenvalue weighted by Crippen LogP contribution is -2.27. The fourth-order valence-electron chi connectivity index (χ4n) is 1.21. The Labute approximate surface area is 63.8 Å². The summed E-state index contributed by atoms with van der Waals surface area (Å²) in [7, 11) is 2.06. The van der Waals surface area contributed by atoms with E-state index in [2.05, 4.69) is 11.9 Å². The van der Waals surface area contributed by atoms with E-state index in [0.29, 0.717) is 12.6 Å². The lowest BCUT2D eigenvalue weighted by Gasteiger charge is -2.15. The second kappa shape index (κ2) is 5.69. The molecule has 2 heteroatoms. The molecule has 0 aromatic heterocycles. The molecular formula is C8H19NO. The van der Waals surface area contributed by atoms with Gasteiger partial charge in [-0.25, -0.2) is 0 Å². The molecule has 0 bridgehead atoms. The molecule has 0 aromatic rings. The summed E-state index contributed by atoms with van der Waals surface area (Å²) in [6.45, 7) is 5.49. The lowest BCUT2D eigenvalue weighted by molar-refractivity contribution is 0.182. The van der Waals surface area contributed by atoms with Crippen molar-refractivity contribution >= 4 is 0 Å². The van der Waals surface area contributed by atoms with E-state index in [0.717, 1.165) is 6.54 Å². The third-order valence-electron chi connectivity index (χ3n) is 1.88. The van der Waals surface area contributed by atoms with E-state index in [9.17, 15) is 0 Å². The molecule has 0 saturated carbocycles. The van der Waals surface area contributed by atoms with E-state index in [1.54, 1.807) is 0 Å². The van der Waals surface area contributed by atoms with Gasteiger partial charge in [-0.3, -0.25) is 0 Å². The highest BCUT2D eigenvalue weighted by atomic mass is 16.3. The normalized spacial score (nSPS) is 25.8. The third-order valence-corrected chi connectivity index (χ3v) is 1.88. The van der Waals surface area contributed by atoms with E-state index >= 15 is 0 Å². The Morgan fingerprint density at radius 2 is 2.10 bits per heavy atom. The van der Waals surface area contributed by atoms with Crippen LogP contribution in [0, 0.1) is 0 Å². The molecule has 1 aliphatic rings. The lowest BCUT2D eigenvalue weighted by atomic mass is 10.2. The van der Waals surface area contributed by atoms with Crippen molar-refractivity contribution in [3.05, 3.63) is 0 Å². The average molecular weight is 145 g/mol. The number of nitrogens with zero attached hydrogens (tertiary/aromatic N) is 1. The first-order valence-corrected chi connectivity index (χ1v) is 4.15. The summed E-state index contributed by atoms with van der Waals surface area (Å²) in [6, 6.07) is 0.454. The van der Waals surface area contributed by atoms with Gasteiger partial charge in [-0.1, -0.05) is 13.8 Å². The van der Waals surface area contributed by atoms with Crippen molar-refractivity contribution in [1.29, 1.82) is 0 Å². The summed E-state index contributed by atoms with van der Waals surface area (Å²) in [5, 5.41) is 8.69. The predicted molar refractivity (Wildman–Crippen MR) is 44.1 cm³/mol. The quantitative estimate of drug-likeness (QED) is 0.597. The van der Waals surface area contributed by atoms with Crippen LogP contribution in [-0.4, -0.2) is 36.2 Å². The third kappa shape index (κ3) is 2.67. The second-order valence-electron chi connectivity index (χ2n) is 2.46. The molecule has 1 heterocycles. The van der Waals surface area contributed by atoms with Crippen molar-refractivity contribution in [1.82, 2.24) is 4.90 Å². The van der Waals surface area contributed by atoms with Crippen molar-refractivity contribution in [3.63, 3.8) is 0 Å². The second-order valence-corrected chi connectivity index (χ2v) is 2.46. The monoisotopic (exact) mass is 145 g/mol. The molecule has 0 unspecified atom stereocenters. The van der Waals surface area contributed by atoms with Crippen molar-refractivity contribution in [2.24, 2.45) is 0 Å². The Hall–Kier alpha value is -0.0800. The Bertz CT molecular complexity index is 75.7. The van der Waals surface area contributed by atoms with Crippen LogP contribution in [0.1, 0.15) is 26.7 Å². The average Bonchev–Trinajstić information content (AvgIpc) is 2.39. The zero-order valence-electron chi connectivity index (χ0n) is 7.30. The summed E-state index contributed by atoms with van der Waals surface area (Å²) in [5.41, 5.74) is 0. The SMILES string of the molecule is CC.CN1CCC[C@@H]1CO. The van der Waals surface area contributed by atoms with Crippen LogP contribution in [0.15, 0.2) is 0 Å². The van der Waals surface area contributed by atoms with E-state index in [4.69, 9.17) is 5.11 Å². The fourth-order valence-corrected chi connectivity index (χ4v) is 1.21. The maximum atomic E-state index is 8.69. The zero-order chi connectivity index (χ0) is 7.98. The first kappa shape index (κ1) is 9.92. The molecular weight excluding hydrogens is 126 g/mol. The van der Waals surface area contributed by atoms with Gasteiger partial charge < -0.3 is 10.0 Å². The van der Waals surface area contributed by atoms with Gasteiger partial charge in [0.1, 0.15) is 0 Å². The summed E-state index contributed by atoms with van der Waals surface area (Å²) < 4.78 is 0. The van der Waals surface area contributed by atoms with Gasteiger partial charge in [-0.2, -0.15) is 0 Å². The van der Waals surface area contributed by atoms with Crippen LogP contribution >= 0.6 is 0 Å². The zero-order valence-corrected chi connectivity index (χ0v) is 7.30. The molecule has 0 amide bonds. The number of aliphatic hydroxyl groups excluding tert-OH is 1. The molecule has 62 valence electrons. The van der Waals surface area contributed by atoms with Crippen LogP contribution in [0.5, 0.6) is 0 Å². The molecule has 1 rings (SSSR count). The van der Waals surface area contributed by atoms with Crippen LogP contribution in [0.3, 0.4) is 0 Å². The van der Waals surface area contributed by atoms with Crippen molar-refractivity contribution in [3.8, 4) is 0 Å². The summed E-state index contributed by atoms with van der Waals surface area (Å²) in [5.74, 6) is 0. The van der Waals surface area contributed by atoms with Gasteiger partial charge in [0.25, 0.3) is 0 Å². The number of rotatable bonds is 1. The standard InChI is InChI=1S/C6H13NO.C2H6/c1-7-4-2-3-6(7)5-8;1-2/h6,8H,2-5H2,1H3;1-2H3/t6-;/m1./s1. The molecule has 0 spiro atoms. The van der Waals surface area contributed by atoms with Crippen LogP contribution in [0.25, 0.3) is 0 Å². The topological polar surface area (TPSA) is 23.5 Å². The number of hydrogen-bond donors (Lipinski definition) is 1. The van der Waals surface area contributed by atoms with Gasteiger partial charge in [-0.05, 0) is 26.4 Å². The van der Waals surface area contributed by atoms with E-state index in [-0.39, 0.29) is 0 Å². The molecule has 0 aromatic carbocycles. The van der Waals surface area contributed by atoms with E-state index < -0.39 is 0 Å². The van der Waals surface area contributed by atoms with Crippen molar-refractivity contribution < 1.29 is 5.11 Å². The van der Waals surface area contributed by atoms with Crippen LogP contribution < -0.4 is 0 Å². The van der Waals surface area contributed by atoms with Gasteiger partial charge in [-0.15, -0.1) is 0 Å². The molecule has 1 aliphatic heterocycles. The van der Waals surface area contributed by atoms with E-state index in [1.165, 1.54) is 12.8 Å². The molecule has 1 saturated heterocycles. The Balaban J connectivity index is 0.000000371. The summed E-state index contributed by atoms with van der Waals surface area (Å²) >= 11 is 0. The molecule has 1 atom stereocenters. The van der Waals surface area contributed by atoms with Gasteiger partial charge in [0.05, 0.1) is 6.61 Å². The maximum Gasteiger partial charge on any atom is 0.0586 e. The molecule has 10 heavy (non-hydrogen) atoms. The minimum atomic E-state index is 0.330. The molecule has 2 nitrogen and oxygen atoms in total. The predicted octanol–water partition coefficient (Wildman–Crippen LogP) is 1.10. The maximum absolute atomic E-state index is 8.69. The Morgan fingerprint density at radius 1 is 1.50 bits per heavy atom. The molecule has 0 aliphatic carbocycles. The largest absolute Gasteiger partial charge is 0.395 e. The number of likely N-dealkylation sites (tertiary alicyclic amines) is 1. The molecule has 1 fully saturated rings. The summed E-state index contributed by atoms with van der Waals surface area (Å²) in [4.78, 5) is 2.21. The highest BCUT2D eigenvalue weighted by Crippen LogP contribution is 2.12. The van der Waals surface area contributed by atoms with Gasteiger partial charge in [0.2, 0.25) is 0 Å². The van der Waals surface area contributed by atoms with Crippen molar-refractivity contribution in [2.45, 2.75) is 32.7 Å². The number of hydrogen-bond acceptors (Lipinski definition) is 2. The van der Waals surface area contributed by atoms with Crippen LogP contribution in [0.2, 0.25) is 0 Å². The molecule has 0 radical (unpaired) electrons. The van der Waals surface area contributed by atoms with Gasteiger partial charge in [0, 0.05) is 6.04 Å². The summed E-state index contributed by atoms with van der Waals surface area (Å²) in [6.07, 6.45) is 2.43.